The third kappa shape index (κ3) is 3.83. The molecule has 2 aromatic carbocycles. The summed E-state index contributed by atoms with van der Waals surface area (Å²) in [6, 6.07) is 10.2. The highest BCUT2D eigenvalue weighted by atomic mass is 16.5. The molecule has 2 N–H and O–H groups in total. The summed E-state index contributed by atoms with van der Waals surface area (Å²) in [5.74, 6) is -0.533. The van der Waals surface area contributed by atoms with E-state index in [0.29, 0.717) is 17.7 Å². The summed E-state index contributed by atoms with van der Waals surface area (Å²) in [7, 11) is 0. The fraction of sp³-hybridized carbons (Fsp3) is 0.316. The highest BCUT2D eigenvalue weighted by Gasteiger charge is 2.25. The maximum atomic E-state index is 12.5. The SMILES string of the molecule is CCCOC(=O)C(c1ccc(O)c(C)c1)c1ccc(O)c(C)c1. The van der Waals surface area contributed by atoms with Crippen LogP contribution in [0.2, 0.25) is 0 Å². The number of phenols is 2. The van der Waals surface area contributed by atoms with Gasteiger partial charge in [-0.05, 0) is 54.7 Å². The average Bonchev–Trinajstić information content (AvgIpc) is 2.52. The van der Waals surface area contributed by atoms with Crippen molar-refractivity contribution in [3.05, 3.63) is 58.7 Å². The lowest BCUT2D eigenvalue weighted by Crippen LogP contribution is -2.18. The van der Waals surface area contributed by atoms with Crippen molar-refractivity contribution >= 4 is 5.97 Å². The van der Waals surface area contributed by atoms with Crippen molar-refractivity contribution in [2.75, 3.05) is 6.61 Å². The molecule has 0 bridgehead atoms. The van der Waals surface area contributed by atoms with Crippen LogP contribution in [0.4, 0.5) is 0 Å². The Kier molecular flexibility index (Phi) is 5.27. The summed E-state index contributed by atoms with van der Waals surface area (Å²) >= 11 is 0. The van der Waals surface area contributed by atoms with Crippen LogP contribution in [0.5, 0.6) is 11.5 Å². The number of aryl methyl sites for hydroxylation is 2. The molecule has 0 unspecified atom stereocenters. The molecule has 0 atom stereocenters. The summed E-state index contributed by atoms with van der Waals surface area (Å²) in [6.07, 6.45) is 0.752. The maximum Gasteiger partial charge on any atom is 0.317 e. The van der Waals surface area contributed by atoms with E-state index in [0.717, 1.165) is 17.5 Å². The molecule has 2 rings (SSSR count). The van der Waals surface area contributed by atoms with E-state index in [1.807, 2.05) is 6.92 Å². The maximum absolute atomic E-state index is 12.5. The third-order valence-electron chi connectivity index (χ3n) is 3.79. The number of hydrogen-bond acceptors (Lipinski definition) is 4. The summed E-state index contributed by atoms with van der Waals surface area (Å²) in [5, 5.41) is 19.4. The minimum absolute atomic E-state index is 0.191. The Hall–Kier alpha value is -2.49. The lowest BCUT2D eigenvalue weighted by Gasteiger charge is -2.18. The second-order valence-electron chi connectivity index (χ2n) is 5.69. The van der Waals surface area contributed by atoms with E-state index in [9.17, 15) is 15.0 Å². The Balaban J connectivity index is 2.47. The average molecular weight is 314 g/mol. The number of rotatable bonds is 5. The molecule has 4 nitrogen and oxygen atoms in total. The minimum Gasteiger partial charge on any atom is -0.508 e. The number of esters is 1. The van der Waals surface area contributed by atoms with Crippen LogP contribution in [-0.2, 0) is 9.53 Å². The molecule has 0 amide bonds. The zero-order chi connectivity index (χ0) is 17.0. The smallest absolute Gasteiger partial charge is 0.317 e. The van der Waals surface area contributed by atoms with Gasteiger partial charge in [-0.2, -0.15) is 0 Å². The molecule has 0 spiro atoms. The number of phenolic OH excluding ortho intramolecular Hbond substituents is 2. The van der Waals surface area contributed by atoms with Crippen molar-refractivity contribution in [1.29, 1.82) is 0 Å². The summed E-state index contributed by atoms with van der Waals surface area (Å²) < 4.78 is 5.34. The van der Waals surface area contributed by atoms with E-state index in [1.165, 1.54) is 0 Å². The fourth-order valence-corrected chi connectivity index (χ4v) is 2.47. The van der Waals surface area contributed by atoms with Crippen molar-refractivity contribution < 1.29 is 19.7 Å². The number of ether oxygens (including phenoxy) is 1. The topological polar surface area (TPSA) is 66.8 Å². The van der Waals surface area contributed by atoms with Gasteiger partial charge in [0.15, 0.2) is 0 Å². The Bertz CT molecular complexity index is 655. The third-order valence-corrected chi connectivity index (χ3v) is 3.79. The van der Waals surface area contributed by atoms with Crippen molar-refractivity contribution in [2.45, 2.75) is 33.1 Å². The predicted octanol–water partition coefficient (Wildman–Crippen LogP) is 3.80. The van der Waals surface area contributed by atoms with Gasteiger partial charge in [-0.15, -0.1) is 0 Å². The molecule has 4 heteroatoms. The minimum atomic E-state index is -0.583. The molecule has 2 aromatic rings. The second kappa shape index (κ2) is 7.18. The zero-order valence-corrected chi connectivity index (χ0v) is 13.7. The Morgan fingerprint density at radius 3 is 1.87 bits per heavy atom. The monoisotopic (exact) mass is 314 g/mol. The van der Waals surface area contributed by atoms with Gasteiger partial charge in [0.2, 0.25) is 0 Å². The van der Waals surface area contributed by atoms with Gasteiger partial charge in [0, 0.05) is 0 Å². The summed E-state index contributed by atoms with van der Waals surface area (Å²) in [4.78, 5) is 12.5. The van der Waals surface area contributed by atoms with Crippen molar-refractivity contribution in [3.63, 3.8) is 0 Å². The van der Waals surface area contributed by atoms with Crippen LogP contribution in [0.15, 0.2) is 36.4 Å². The Morgan fingerprint density at radius 2 is 1.48 bits per heavy atom. The number of carbonyl (C=O) groups is 1. The molecule has 0 aromatic heterocycles. The number of carbonyl (C=O) groups excluding carboxylic acids is 1. The van der Waals surface area contributed by atoms with Crippen LogP contribution in [0.3, 0.4) is 0 Å². The second-order valence-corrected chi connectivity index (χ2v) is 5.69. The summed E-state index contributed by atoms with van der Waals surface area (Å²) in [6.45, 7) is 5.88. The van der Waals surface area contributed by atoms with Crippen LogP contribution >= 0.6 is 0 Å². The van der Waals surface area contributed by atoms with Crippen molar-refractivity contribution in [2.24, 2.45) is 0 Å². The first kappa shape index (κ1) is 16.9. The molecule has 0 aliphatic heterocycles. The number of aromatic hydroxyl groups is 2. The van der Waals surface area contributed by atoms with Gasteiger partial charge in [-0.1, -0.05) is 31.2 Å². The van der Waals surface area contributed by atoms with Gasteiger partial charge in [-0.25, -0.2) is 0 Å². The van der Waals surface area contributed by atoms with Gasteiger partial charge < -0.3 is 14.9 Å². The van der Waals surface area contributed by atoms with E-state index in [2.05, 4.69) is 0 Å². The fourth-order valence-electron chi connectivity index (χ4n) is 2.47. The standard InChI is InChI=1S/C19H22O4/c1-4-9-23-19(22)18(14-5-7-16(20)12(2)10-14)15-6-8-17(21)13(3)11-15/h5-8,10-11,18,20-21H,4,9H2,1-3H3. The van der Waals surface area contributed by atoms with Crippen LogP contribution < -0.4 is 0 Å². The van der Waals surface area contributed by atoms with Crippen LogP contribution in [0, 0.1) is 13.8 Å². The van der Waals surface area contributed by atoms with Crippen LogP contribution in [0.1, 0.15) is 41.5 Å². The molecular formula is C19H22O4. The van der Waals surface area contributed by atoms with Gasteiger partial charge in [0.1, 0.15) is 17.4 Å². The van der Waals surface area contributed by atoms with Gasteiger partial charge in [-0.3, -0.25) is 4.79 Å². The van der Waals surface area contributed by atoms with Crippen LogP contribution in [0.25, 0.3) is 0 Å². The lowest BCUT2D eigenvalue weighted by atomic mass is 9.89. The van der Waals surface area contributed by atoms with Gasteiger partial charge in [0.25, 0.3) is 0 Å². The molecule has 0 radical (unpaired) electrons. The Morgan fingerprint density at radius 1 is 1.00 bits per heavy atom. The van der Waals surface area contributed by atoms with E-state index in [1.54, 1.807) is 50.2 Å². The molecule has 0 aliphatic carbocycles. The van der Waals surface area contributed by atoms with E-state index in [-0.39, 0.29) is 17.5 Å². The van der Waals surface area contributed by atoms with E-state index < -0.39 is 5.92 Å². The Labute approximate surface area is 136 Å². The highest BCUT2D eigenvalue weighted by Crippen LogP contribution is 2.31. The molecular weight excluding hydrogens is 292 g/mol. The first-order valence-corrected chi connectivity index (χ1v) is 7.69. The van der Waals surface area contributed by atoms with Crippen LogP contribution in [-0.4, -0.2) is 22.8 Å². The van der Waals surface area contributed by atoms with Crippen molar-refractivity contribution in [1.82, 2.24) is 0 Å². The predicted molar refractivity (Wildman–Crippen MR) is 88.8 cm³/mol. The first-order valence-electron chi connectivity index (χ1n) is 7.69. The summed E-state index contributed by atoms with van der Waals surface area (Å²) in [5.41, 5.74) is 2.91. The lowest BCUT2D eigenvalue weighted by molar-refractivity contribution is -0.144. The molecule has 122 valence electrons. The number of benzene rings is 2. The molecule has 0 fully saturated rings. The quantitative estimate of drug-likeness (QED) is 0.824. The molecule has 0 heterocycles. The zero-order valence-electron chi connectivity index (χ0n) is 13.7. The molecule has 0 saturated carbocycles. The number of hydrogen-bond donors (Lipinski definition) is 2. The molecule has 23 heavy (non-hydrogen) atoms. The van der Waals surface area contributed by atoms with E-state index >= 15 is 0 Å². The van der Waals surface area contributed by atoms with Crippen molar-refractivity contribution in [3.8, 4) is 11.5 Å². The van der Waals surface area contributed by atoms with Gasteiger partial charge >= 0.3 is 5.97 Å². The molecule has 0 saturated heterocycles. The van der Waals surface area contributed by atoms with E-state index in [4.69, 9.17) is 4.74 Å². The van der Waals surface area contributed by atoms with Gasteiger partial charge in [0.05, 0.1) is 6.61 Å². The highest BCUT2D eigenvalue weighted by molar-refractivity contribution is 5.82. The normalized spacial score (nSPS) is 10.8. The largest absolute Gasteiger partial charge is 0.508 e. The molecule has 0 aliphatic rings. The first-order chi connectivity index (χ1) is 10.9.